The molecule has 0 bridgehead atoms. The normalized spacial score (nSPS) is 14.9. The minimum absolute atomic E-state index is 0.133. The van der Waals surface area contributed by atoms with Crippen LogP contribution in [0.25, 0.3) is 0 Å². The fourth-order valence-corrected chi connectivity index (χ4v) is 1.78. The predicted molar refractivity (Wildman–Crippen MR) is 63.5 cm³/mol. The van der Waals surface area contributed by atoms with Crippen LogP contribution in [0.1, 0.15) is 33.6 Å². The van der Waals surface area contributed by atoms with E-state index in [9.17, 15) is 4.79 Å². The van der Waals surface area contributed by atoms with E-state index in [0.29, 0.717) is 17.5 Å². The summed E-state index contributed by atoms with van der Waals surface area (Å²) in [5, 5.41) is 3.41. The molecule has 0 aromatic carbocycles. The lowest BCUT2D eigenvalue weighted by molar-refractivity contribution is -0.119. The Balaban J connectivity index is 3.53. The number of hydrogen-bond acceptors (Lipinski definition) is 3. The zero-order valence-corrected chi connectivity index (χ0v) is 10.2. The number of thioether (sulfide) groups is 1. The van der Waals surface area contributed by atoms with Crippen LogP contribution in [0.5, 0.6) is 0 Å². The molecule has 0 aromatic heterocycles. The minimum Gasteiger partial charge on any atom is -0.353 e. The molecule has 0 aliphatic carbocycles. The van der Waals surface area contributed by atoms with E-state index in [1.54, 1.807) is 11.8 Å². The second-order valence-electron chi connectivity index (χ2n) is 3.58. The molecule has 14 heavy (non-hydrogen) atoms. The molecule has 0 saturated heterocycles. The molecule has 1 amide bonds. The van der Waals surface area contributed by atoms with Crippen molar-refractivity contribution < 1.29 is 4.79 Å². The van der Waals surface area contributed by atoms with Gasteiger partial charge in [-0.05, 0) is 26.3 Å². The van der Waals surface area contributed by atoms with Crippen LogP contribution >= 0.6 is 11.8 Å². The minimum atomic E-state index is 0.133. The first-order valence-corrected chi connectivity index (χ1v) is 6.26. The van der Waals surface area contributed by atoms with Crippen molar-refractivity contribution in [3.8, 4) is 0 Å². The van der Waals surface area contributed by atoms with Gasteiger partial charge in [-0.25, -0.2) is 0 Å². The van der Waals surface area contributed by atoms with Gasteiger partial charge in [-0.2, -0.15) is 0 Å². The number of carbonyl (C=O) groups is 1. The molecule has 0 spiro atoms. The molecule has 0 aromatic rings. The van der Waals surface area contributed by atoms with Gasteiger partial charge in [0.15, 0.2) is 0 Å². The maximum Gasteiger partial charge on any atom is 0.230 e. The number of nitrogens with two attached hydrogens (primary N) is 1. The Kier molecular flexibility index (Phi) is 7.99. The first-order valence-electron chi connectivity index (χ1n) is 5.21. The van der Waals surface area contributed by atoms with Gasteiger partial charge >= 0.3 is 0 Å². The first kappa shape index (κ1) is 13.8. The zero-order chi connectivity index (χ0) is 11.0. The average molecular weight is 218 g/mol. The standard InChI is InChI=1S/C10H22N2OS/c1-4-8(2)12-10(13)7-14-9(3)5-6-11/h8-9H,4-7,11H2,1-3H3,(H,12,13). The van der Waals surface area contributed by atoms with Gasteiger partial charge in [0, 0.05) is 11.3 Å². The summed E-state index contributed by atoms with van der Waals surface area (Å²) in [6.07, 6.45) is 1.95. The van der Waals surface area contributed by atoms with Crippen molar-refractivity contribution >= 4 is 17.7 Å². The molecule has 2 atom stereocenters. The van der Waals surface area contributed by atoms with E-state index in [1.807, 2.05) is 6.92 Å². The third-order valence-electron chi connectivity index (χ3n) is 2.09. The number of amides is 1. The maximum atomic E-state index is 11.4. The molecule has 84 valence electrons. The quantitative estimate of drug-likeness (QED) is 0.678. The lowest BCUT2D eigenvalue weighted by Gasteiger charge is -2.13. The van der Waals surface area contributed by atoms with Crippen LogP contribution in [0, 0.1) is 0 Å². The highest BCUT2D eigenvalue weighted by atomic mass is 32.2. The Labute approximate surface area is 91.2 Å². The van der Waals surface area contributed by atoms with E-state index < -0.39 is 0 Å². The number of carbonyl (C=O) groups excluding carboxylic acids is 1. The van der Waals surface area contributed by atoms with Crippen molar-refractivity contribution in [1.82, 2.24) is 5.32 Å². The number of hydrogen-bond donors (Lipinski definition) is 2. The number of nitrogens with one attached hydrogen (secondary N) is 1. The third kappa shape index (κ3) is 7.21. The fourth-order valence-electron chi connectivity index (χ4n) is 0.955. The summed E-state index contributed by atoms with van der Waals surface area (Å²) in [6, 6.07) is 0.285. The molecular formula is C10H22N2OS. The van der Waals surface area contributed by atoms with Gasteiger partial charge in [0.25, 0.3) is 0 Å². The second kappa shape index (κ2) is 8.12. The Morgan fingerprint density at radius 3 is 2.64 bits per heavy atom. The van der Waals surface area contributed by atoms with Crippen molar-refractivity contribution in [2.75, 3.05) is 12.3 Å². The molecule has 0 heterocycles. The van der Waals surface area contributed by atoms with Crippen molar-refractivity contribution in [3.05, 3.63) is 0 Å². The lowest BCUT2D eigenvalue weighted by atomic mass is 10.3. The fraction of sp³-hybridized carbons (Fsp3) is 0.900. The van der Waals surface area contributed by atoms with Gasteiger partial charge in [-0.3, -0.25) is 4.79 Å². The second-order valence-corrected chi connectivity index (χ2v) is 5.00. The van der Waals surface area contributed by atoms with Crippen LogP contribution in [0.15, 0.2) is 0 Å². The van der Waals surface area contributed by atoms with Crippen molar-refractivity contribution in [2.24, 2.45) is 5.73 Å². The van der Waals surface area contributed by atoms with Gasteiger partial charge in [-0.1, -0.05) is 13.8 Å². The molecule has 4 heteroatoms. The van der Waals surface area contributed by atoms with Crippen LogP contribution < -0.4 is 11.1 Å². The summed E-state index contributed by atoms with van der Waals surface area (Å²) in [7, 11) is 0. The van der Waals surface area contributed by atoms with Crippen molar-refractivity contribution in [3.63, 3.8) is 0 Å². The monoisotopic (exact) mass is 218 g/mol. The molecule has 3 nitrogen and oxygen atoms in total. The summed E-state index contributed by atoms with van der Waals surface area (Å²) in [5.41, 5.74) is 5.42. The maximum absolute atomic E-state index is 11.4. The van der Waals surface area contributed by atoms with Crippen LogP contribution in [0.4, 0.5) is 0 Å². The van der Waals surface area contributed by atoms with Gasteiger partial charge in [0.2, 0.25) is 5.91 Å². The SMILES string of the molecule is CCC(C)NC(=O)CSC(C)CCN. The van der Waals surface area contributed by atoms with Crippen molar-refractivity contribution in [2.45, 2.75) is 44.9 Å². The molecule has 3 N–H and O–H groups in total. The summed E-state index contributed by atoms with van der Waals surface area (Å²) >= 11 is 1.67. The highest BCUT2D eigenvalue weighted by molar-refractivity contribution is 8.00. The molecule has 0 radical (unpaired) electrons. The lowest BCUT2D eigenvalue weighted by Crippen LogP contribution is -2.33. The molecule has 0 aliphatic heterocycles. The smallest absolute Gasteiger partial charge is 0.230 e. The molecule has 0 rings (SSSR count). The van der Waals surface area contributed by atoms with Gasteiger partial charge in [0.05, 0.1) is 5.75 Å². The Bertz CT molecular complexity index is 164. The summed E-state index contributed by atoms with van der Waals surface area (Å²) in [4.78, 5) is 11.4. The zero-order valence-electron chi connectivity index (χ0n) is 9.38. The third-order valence-corrected chi connectivity index (χ3v) is 3.33. The molecule has 2 unspecified atom stereocenters. The average Bonchev–Trinajstić information content (AvgIpc) is 2.15. The van der Waals surface area contributed by atoms with Gasteiger partial charge in [0.1, 0.15) is 0 Å². The van der Waals surface area contributed by atoms with E-state index in [4.69, 9.17) is 5.73 Å². The summed E-state index contributed by atoms with van der Waals surface area (Å²) in [6.45, 7) is 6.89. The van der Waals surface area contributed by atoms with Crippen molar-refractivity contribution in [1.29, 1.82) is 0 Å². The van der Waals surface area contributed by atoms with E-state index in [2.05, 4.69) is 19.2 Å². The first-order chi connectivity index (χ1) is 6.60. The molecule has 0 fully saturated rings. The van der Waals surface area contributed by atoms with E-state index in [-0.39, 0.29) is 11.9 Å². The molecule has 0 saturated carbocycles. The van der Waals surface area contributed by atoms with E-state index in [0.717, 1.165) is 12.8 Å². The van der Waals surface area contributed by atoms with E-state index >= 15 is 0 Å². The summed E-state index contributed by atoms with van der Waals surface area (Å²) in [5.74, 6) is 0.680. The number of rotatable bonds is 7. The highest BCUT2D eigenvalue weighted by Gasteiger charge is 2.08. The van der Waals surface area contributed by atoms with Crippen LogP contribution in [0.2, 0.25) is 0 Å². The Morgan fingerprint density at radius 1 is 1.50 bits per heavy atom. The summed E-state index contributed by atoms with van der Waals surface area (Å²) < 4.78 is 0. The van der Waals surface area contributed by atoms with Crippen LogP contribution in [-0.4, -0.2) is 29.5 Å². The van der Waals surface area contributed by atoms with Crippen LogP contribution in [-0.2, 0) is 4.79 Å². The van der Waals surface area contributed by atoms with Crippen LogP contribution in [0.3, 0.4) is 0 Å². The van der Waals surface area contributed by atoms with E-state index in [1.165, 1.54) is 0 Å². The topological polar surface area (TPSA) is 55.1 Å². The Morgan fingerprint density at radius 2 is 2.14 bits per heavy atom. The highest BCUT2D eigenvalue weighted by Crippen LogP contribution is 2.12. The van der Waals surface area contributed by atoms with Gasteiger partial charge in [-0.15, -0.1) is 11.8 Å². The molecule has 0 aliphatic rings. The Hall–Kier alpha value is -0.220. The van der Waals surface area contributed by atoms with Gasteiger partial charge < -0.3 is 11.1 Å². The predicted octanol–water partition coefficient (Wildman–Crippen LogP) is 1.37. The molecular weight excluding hydrogens is 196 g/mol. The largest absolute Gasteiger partial charge is 0.353 e.